The minimum atomic E-state index is -1.82. The van der Waals surface area contributed by atoms with Gasteiger partial charge in [-0.2, -0.15) is 0 Å². The van der Waals surface area contributed by atoms with Gasteiger partial charge in [0, 0.05) is 29.2 Å². The number of H-pyrrole nitrogens is 1. The van der Waals surface area contributed by atoms with Crippen molar-refractivity contribution in [3.8, 4) is 5.75 Å². The van der Waals surface area contributed by atoms with Crippen molar-refractivity contribution in [1.29, 1.82) is 0 Å². The highest BCUT2D eigenvalue weighted by Gasteiger charge is 2.08. The van der Waals surface area contributed by atoms with Gasteiger partial charge in [-0.15, -0.1) is 0 Å². The van der Waals surface area contributed by atoms with E-state index in [0.717, 1.165) is 25.3 Å². The van der Waals surface area contributed by atoms with Crippen LogP contribution < -0.4 is 10.1 Å². The average molecular weight is 420 g/mol. The second kappa shape index (κ2) is 10.3. The summed E-state index contributed by atoms with van der Waals surface area (Å²) in [5, 5.41) is 22.2. The molecule has 31 heavy (non-hydrogen) atoms. The Hall–Kier alpha value is -3.84. The molecule has 7 nitrogen and oxygen atoms in total. The van der Waals surface area contributed by atoms with E-state index in [2.05, 4.69) is 77.2 Å². The number of fused-ring (bicyclic) bond motifs is 2. The molecule has 0 fully saturated rings. The van der Waals surface area contributed by atoms with Crippen molar-refractivity contribution in [3.63, 3.8) is 0 Å². The molecule has 0 unspecified atom stereocenters. The Morgan fingerprint density at radius 2 is 1.61 bits per heavy atom. The van der Waals surface area contributed by atoms with Crippen LogP contribution in [0.5, 0.6) is 5.75 Å². The molecular formula is C24H24N2O5. The minimum absolute atomic E-state index is 0.798. The maximum atomic E-state index is 9.10. The smallest absolute Gasteiger partial charge is 0.414 e. The first-order valence-corrected chi connectivity index (χ1v) is 9.77. The zero-order valence-corrected chi connectivity index (χ0v) is 17.1. The Bertz CT molecular complexity index is 1190. The monoisotopic (exact) mass is 420 g/mol. The lowest BCUT2D eigenvalue weighted by Gasteiger charge is -2.13. The third kappa shape index (κ3) is 5.40. The first-order valence-electron chi connectivity index (χ1n) is 9.77. The summed E-state index contributed by atoms with van der Waals surface area (Å²) in [6.07, 6.45) is 3.11. The van der Waals surface area contributed by atoms with Gasteiger partial charge in [0.05, 0.1) is 7.11 Å². The van der Waals surface area contributed by atoms with E-state index in [4.69, 9.17) is 24.5 Å². The van der Waals surface area contributed by atoms with Crippen LogP contribution in [0, 0.1) is 0 Å². The van der Waals surface area contributed by atoms with Crippen molar-refractivity contribution in [1.82, 2.24) is 10.3 Å². The molecule has 0 amide bonds. The number of methoxy groups -OCH3 is 1. The summed E-state index contributed by atoms with van der Waals surface area (Å²) in [5.74, 6) is -2.71. The number of hydrogen-bond acceptors (Lipinski definition) is 4. The second-order valence-electron chi connectivity index (χ2n) is 6.86. The Morgan fingerprint density at radius 3 is 2.32 bits per heavy atom. The Labute approximate surface area is 179 Å². The van der Waals surface area contributed by atoms with Crippen LogP contribution in [0.1, 0.15) is 11.1 Å². The van der Waals surface area contributed by atoms with E-state index in [0.29, 0.717) is 0 Å². The number of aromatic amines is 1. The van der Waals surface area contributed by atoms with E-state index in [-0.39, 0.29) is 0 Å². The topological polar surface area (TPSA) is 112 Å². The number of carbonyl (C=O) groups is 2. The average Bonchev–Trinajstić information content (AvgIpc) is 3.20. The molecular weight excluding hydrogens is 396 g/mol. The number of carboxylic acid groups (broad SMARTS) is 2. The highest BCUT2D eigenvalue weighted by molar-refractivity contribution is 6.27. The minimum Gasteiger partial charge on any atom is -0.496 e. The van der Waals surface area contributed by atoms with E-state index < -0.39 is 11.9 Å². The maximum absolute atomic E-state index is 9.10. The van der Waals surface area contributed by atoms with Crippen LogP contribution in [-0.4, -0.2) is 40.8 Å². The number of aromatic nitrogens is 1. The number of para-hydroxylation sites is 1. The zero-order valence-electron chi connectivity index (χ0n) is 17.1. The fraction of sp³-hybridized carbons (Fsp3) is 0.167. The fourth-order valence-corrected chi connectivity index (χ4v) is 3.46. The van der Waals surface area contributed by atoms with Crippen LogP contribution in [0.25, 0.3) is 21.7 Å². The molecule has 1 heterocycles. The van der Waals surface area contributed by atoms with E-state index in [9.17, 15) is 0 Å². The molecule has 0 radical (unpaired) electrons. The van der Waals surface area contributed by atoms with Crippen molar-refractivity contribution in [2.45, 2.75) is 13.0 Å². The number of carboxylic acids is 2. The zero-order chi connectivity index (χ0) is 22.2. The summed E-state index contributed by atoms with van der Waals surface area (Å²) in [6, 6.07) is 21.1. The second-order valence-corrected chi connectivity index (χ2v) is 6.86. The number of benzene rings is 3. The molecule has 0 aliphatic heterocycles. The molecule has 4 aromatic rings. The molecule has 160 valence electrons. The van der Waals surface area contributed by atoms with E-state index in [1.54, 1.807) is 7.11 Å². The van der Waals surface area contributed by atoms with Crippen LogP contribution in [0.15, 0.2) is 66.9 Å². The predicted octanol–water partition coefficient (Wildman–Crippen LogP) is 3.82. The van der Waals surface area contributed by atoms with Gasteiger partial charge in [-0.05, 0) is 41.4 Å². The summed E-state index contributed by atoms with van der Waals surface area (Å²) in [5.41, 5.74) is 3.78. The molecule has 0 aliphatic rings. The summed E-state index contributed by atoms with van der Waals surface area (Å²) in [4.78, 5) is 21.5. The first-order chi connectivity index (χ1) is 15.0. The van der Waals surface area contributed by atoms with Crippen molar-refractivity contribution in [3.05, 3.63) is 78.0 Å². The number of hydrogen-bond donors (Lipinski definition) is 4. The quantitative estimate of drug-likeness (QED) is 0.279. The largest absolute Gasteiger partial charge is 0.496 e. The van der Waals surface area contributed by atoms with Gasteiger partial charge in [0.15, 0.2) is 0 Å². The predicted molar refractivity (Wildman–Crippen MR) is 119 cm³/mol. The molecule has 1 aromatic heterocycles. The maximum Gasteiger partial charge on any atom is 0.414 e. The Balaban J connectivity index is 0.000000401. The van der Waals surface area contributed by atoms with Crippen molar-refractivity contribution >= 4 is 33.6 Å². The van der Waals surface area contributed by atoms with Crippen LogP contribution in [-0.2, 0) is 22.6 Å². The SMILES string of the molecule is COc1ccc2ccccc2c1CNCCc1c[nH]c2ccccc12.O=C(O)C(=O)O. The number of aliphatic carboxylic acids is 2. The third-order valence-electron chi connectivity index (χ3n) is 4.95. The lowest BCUT2D eigenvalue weighted by molar-refractivity contribution is -0.159. The van der Waals surface area contributed by atoms with E-state index in [1.807, 2.05) is 0 Å². The number of ether oxygens (including phenoxy) is 1. The van der Waals surface area contributed by atoms with E-state index >= 15 is 0 Å². The van der Waals surface area contributed by atoms with Crippen molar-refractivity contribution in [2.24, 2.45) is 0 Å². The van der Waals surface area contributed by atoms with Gasteiger partial charge in [-0.25, -0.2) is 9.59 Å². The standard InChI is InChI=1S/C22H22N2O.C2H2O4/c1-25-22-11-10-16-6-2-3-7-18(16)20(22)15-23-13-12-17-14-24-21-9-5-4-8-19(17)21;3-1(4)2(5)6/h2-11,14,23-24H,12-13,15H2,1H3;(H,3,4)(H,5,6). The van der Waals surface area contributed by atoms with Crippen molar-refractivity contribution in [2.75, 3.05) is 13.7 Å². The van der Waals surface area contributed by atoms with Gasteiger partial charge in [-0.3, -0.25) is 0 Å². The first kappa shape index (κ1) is 21.9. The molecule has 0 atom stereocenters. The molecule has 4 N–H and O–H groups in total. The summed E-state index contributed by atoms with van der Waals surface area (Å²) in [6.45, 7) is 1.72. The van der Waals surface area contributed by atoms with E-state index in [1.165, 1.54) is 32.8 Å². The Kier molecular flexibility index (Phi) is 7.24. The summed E-state index contributed by atoms with van der Waals surface area (Å²) in [7, 11) is 1.74. The fourth-order valence-electron chi connectivity index (χ4n) is 3.46. The van der Waals surface area contributed by atoms with Gasteiger partial charge in [0.25, 0.3) is 0 Å². The van der Waals surface area contributed by atoms with Crippen LogP contribution >= 0.6 is 0 Å². The highest BCUT2D eigenvalue weighted by Crippen LogP contribution is 2.27. The van der Waals surface area contributed by atoms with Gasteiger partial charge in [-0.1, -0.05) is 48.5 Å². The lowest BCUT2D eigenvalue weighted by atomic mass is 10.0. The molecule has 0 saturated heterocycles. The molecule has 0 aliphatic carbocycles. The van der Waals surface area contributed by atoms with Gasteiger partial charge < -0.3 is 25.3 Å². The molecule has 4 rings (SSSR count). The number of nitrogens with one attached hydrogen (secondary N) is 2. The highest BCUT2D eigenvalue weighted by atomic mass is 16.5. The van der Waals surface area contributed by atoms with Crippen LogP contribution in [0.4, 0.5) is 0 Å². The Morgan fingerprint density at radius 1 is 0.935 bits per heavy atom. The van der Waals surface area contributed by atoms with Crippen molar-refractivity contribution < 1.29 is 24.5 Å². The van der Waals surface area contributed by atoms with Crippen LogP contribution in [0.2, 0.25) is 0 Å². The van der Waals surface area contributed by atoms with Gasteiger partial charge >= 0.3 is 11.9 Å². The number of rotatable bonds is 6. The lowest BCUT2D eigenvalue weighted by Crippen LogP contribution is -2.17. The van der Waals surface area contributed by atoms with Gasteiger partial charge in [0.2, 0.25) is 0 Å². The van der Waals surface area contributed by atoms with Crippen LogP contribution in [0.3, 0.4) is 0 Å². The summed E-state index contributed by atoms with van der Waals surface area (Å²) < 4.78 is 5.57. The molecule has 3 aromatic carbocycles. The molecule has 0 saturated carbocycles. The van der Waals surface area contributed by atoms with Gasteiger partial charge in [0.1, 0.15) is 5.75 Å². The third-order valence-corrected chi connectivity index (χ3v) is 4.95. The molecule has 0 spiro atoms. The molecule has 0 bridgehead atoms. The molecule has 7 heteroatoms. The normalized spacial score (nSPS) is 10.5. The summed E-state index contributed by atoms with van der Waals surface area (Å²) >= 11 is 0.